The Morgan fingerprint density at radius 3 is 2.85 bits per heavy atom. The van der Waals surface area contributed by atoms with Gasteiger partial charge in [0, 0.05) is 12.3 Å². The highest BCUT2D eigenvalue weighted by atomic mass is 16.1. The van der Waals surface area contributed by atoms with E-state index in [1.54, 1.807) is 0 Å². The molecule has 0 radical (unpaired) electrons. The average molecular weight is 176 g/mol. The first kappa shape index (κ1) is 8.74. The first-order valence-corrected chi connectivity index (χ1v) is 5.13. The van der Waals surface area contributed by atoms with Gasteiger partial charge in [0.15, 0.2) is 0 Å². The van der Waals surface area contributed by atoms with Crippen LogP contribution in [-0.4, -0.2) is 5.78 Å². The number of fused-ring (bicyclic) bond motifs is 2. The lowest BCUT2D eigenvalue weighted by molar-refractivity contribution is -0.123. The molecule has 1 saturated carbocycles. The minimum Gasteiger partial charge on any atom is -0.299 e. The summed E-state index contributed by atoms with van der Waals surface area (Å²) < 4.78 is 0. The summed E-state index contributed by atoms with van der Waals surface area (Å²) in [7, 11) is 0. The van der Waals surface area contributed by atoms with Gasteiger partial charge in [0.25, 0.3) is 0 Å². The van der Waals surface area contributed by atoms with E-state index in [-0.39, 0.29) is 0 Å². The molecule has 0 N–H and O–H groups in total. The van der Waals surface area contributed by atoms with Crippen molar-refractivity contribution in [2.24, 2.45) is 17.8 Å². The molecule has 0 amide bonds. The molecular weight excluding hydrogens is 160 g/mol. The SMILES string of the molecule is C=CCCC(=O)[C@H]1C[C@H]2C=C[C@@H]1C2. The van der Waals surface area contributed by atoms with Crippen LogP contribution in [0.1, 0.15) is 25.7 Å². The van der Waals surface area contributed by atoms with Crippen LogP contribution in [0.4, 0.5) is 0 Å². The molecule has 0 aromatic carbocycles. The number of hydrogen-bond acceptors (Lipinski definition) is 1. The average Bonchev–Trinajstić information content (AvgIpc) is 2.74. The molecular formula is C12H16O. The van der Waals surface area contributed by atoms with Crippen LogP contribution in [0.15, 0.2) is 24.8 Å². The van der Waals surface area contributed by atoms with Gasteiger partial charge in [-0.2, -0.15) is 0 Å². The first-order valence-electron chi connectivity index (χ1n) is 5.13. The quantitative estimate of drug-likeness (QED) is 0.602. The van der Waals surface area contributed by atoms with E-state index in [9.17, 15) is 4.79 Å². The van der Waals surface area contributed by atoms with E-state index in [0.717, 1.165) is 12.8 Å². The zero-order valence-electron chi connectivity index (χ0n) is 7.91. The van der Waals surface area contributed by atoms with E-state index in [2.05, 4.69) is 18.7 Å². The van der Waals surface area contributed by atoms with Crippen LogP contribution in [0.5, 0.6) is 0 Å². The van der Waals surface area contributed by atoms with Crippen LogP contribution >= 0.6 is 0 Å². The van der Waals surface area contributed by atoms with Crippen LogP contribution in [0.3, 0.4) is 0 Å². The highest BCUT2D eigenvalue weighted by molar-refractivity contribution is 5.82. The lowest BCUT2D eigenvalue weighted by Gasteiger charge is -2.15. The lowest BCUT2D eigenvalue weighted by atomic mass is 9.88. The summed E-state index contributed by atoms with van der Waals surface area (Å²) in [6.45, 7) is 3.64. The predicted molar refractivity (Wildman–Crippen MR) is 53.3 cm³/mol. The topological polar surface area (TPSA) is 17.1 Å². The van der Waals surface area contributed by atoms with E-state index in [0.29, 0.717) is 30.0 Å². The molecule has 2 aliphatic carbocycles. The van der Waals surface area contributed by atoms with Crippen molar-refractivity contribution in [3.05, 3.63) is 24.8 Å². The van der Waals surface area contributed by atoms with Gasteiger partial charge in [0.1, 0.15) is 5.78 Å². The van der Waals surface area contributed by atoms with Crippen molar-refractivity contribution in [3.8, 4) is 0 Å². The maximum atomic E-state index is 11.7. The van der Waals surface area contributed by atoms with Crippen LogP contribution in [0.2, 0.25) is 0 Å². The summed E-state index contributed by atoms with van der Waals surface area (Å²) in [5, 5.41) is 0. The third-order valence-corrected chi connectivity index (χ3v) is 3.29. The van der Waals surface area contributed by atoms with Crippen molar-refractivity contribution >= 4 is 5.78 Å². The van der Waals surface area contributed by atoms with Gasteiger partial charge in [-0.05, 0) is 31.1 Å². The number of ketones is 1. The molecule has 0 saturated heterocycles. The number of Topliss-reactive ketones (excluding diaryl/α,β-unsaturated/α-hetero) is 1. The maximum Gasteiger partial charge on any atom is 0.136 e. The largest absolute Gasteiger partial charge is 0.299 e. The Balaban J connectivity index is 1.91. The van der Waals surface area contributed by atoms with Gasteiger partial charge in [-0.1, -0.05) is 18.2 Å². The Labute approximate surface area is 79.5 Å². The Morgan fingerprint density at radius 1 is 1.46 bits per heavy atom. The smallest absolute Gasteiger partial charge is 0.136 e. The van der Waals surface area contributed by atoms with Gasteiger partial charge >= 0.3 is 0 Å². The third-order valence-electron chi connectivity index (χ3n) is 3.29. The monoisotopic (exact) mass is 176 g/mol. The summed E-state index contributed by atoms with van der Waals surface area (Å²) in [5.74, 6) is 2.08. The van der Waals surface area contributed by atoms with Crippen molar-refractivity contribution < 1.29 is 4.79 Å². The Kier molecular flexibility index (Phi) is 2.34. The van der Waals surface area contributed by atoms with E-state index in [1.165, 1.54) is 6.42 Å². The number of allylic oxidation sites excluding steroid dienone is 3. The van der Waals surface area contributed by atoms with Crippen molar-refractivity contribution in [2.45, 2.75) is 25.7 Å². The second kappa shape index (κ2) is 3.49. The van der Waals surface area contributed by atoms with Crippen LogP contribution < -0.4 is 0 Å². The molecule has 0 aliphatic heterocycles. The molecule has 0 aromatic rings. The van der Waals surface area contributed by atoms with Crippen LogP contribution in [0.25, 0.3) is 0 Å². The second-order valence-corrected chi connectivity index (χ2v) is 4.18. The molecule has 0 unspecified atom stereocenters. The molecule has 2 rings (SSSR count). The Hall–Kier alpha value is -0.850. The predicted octanol–water partition coefficient (Wildman–Crippen LogP) is 2.73. The normalized spacial score (nSPS) is 35.2. The van der Waals surface area contributed by atoms with Gasteiger partial charge < -0.3 is 0 Å². The summed E-state index contributed by atoms with van der Waals surface area (Å²) in [4.78, 5) is 11.7. The van der Waals surface area contributed by atoms with Gasteiger partial charge in [-0.15, -0.1) is 6.58 Å². The van der Waals surface area contributed by atoms with Crippen LogP contribution in [0, 0.1) is 17.8 Å². The minimum atomic E-state index is 0.343. The fourth-order valence-corrected chi connectivity index (χ4v) is 2.58. The van der Waals surface area contributed by atoms with Crippen molar-refractivity contribution in [2.75, 3.05) is 0 Å². The number of hydrogen-bond donors (Lipinski definition) is 0. The van der Waals surface area contributed by atoms with Crippen molar-refractivity contribution in [1.82, 2.24) is 0 Å². The van der Waals surface area contributed by atoms with Crippen molar-refractivity contribution in [1.29, 1.82) is 0 Å². The van der Waals surface area contributed by atoms with E-state index in [4.69, 9.17) is 0 Å². The molecule has 2 bridgehead atoms. The molecule has 3 atom stereocenters. The fourth-order valence-electron chi connectivity index (χ4n) is 2.58. The molecule has 1 heteroatoms. The van der Waals surface area contributed by atoms with Gasteiger partial charge in [0.2, 0.25) is 0 Å². The lowest BCUT2D eigenvalue weighted by Crippen LogP contribution is -2.18. The van der Waals surface area contributed by atoms with Gasteiger partial charge in [0.05, 0.1) is 0 Å². The van der Waals surface area contributed by atoms with Gasteiger partial charge in [-0.3, -0.25) is 4.79 Å². The van der Waals surface area contributed by atoms with Crippen LogP contribution in [-0.2, 0) is 4.79 Å². The highest BCUT2D eigenvalue weighted by Gasteiger charge is 2.38. The Bertz CT molecular complexity index is 252. The minimum absolute atomic E-state index is 0.343. The standard InChI is InChI=1S/C12H16O/c1-2-3-4-12(13)11-8-9-5-6-10(11)7-9/h2,5-6,9-11H,1,3-4,7-8H2/t9-,10+,11-/m0/s1. The molecule has 0 spiro atoms. The molecule has 70 valence electrons. The molecule has 1 nitrogen and oxygen atoms in total. The number of carbonyl (C=O) groups excluding carboxylic acids is 1. The molecule has 1 fully saturated rings. The van der Waals surface area contributed by atoms with E-state index in [1.807, 2.05) is 6.08 Å². The van der Waals surface area contributed by atoms with Gasteiger partial charge in [-0.25, -0.2) is 0 Å². The Morgan fingerprint density at radius 2 is 2.31 bits per heavy atom. The molecule has 0 heterocycles. The zero-order chi connectivity index (χ0) is 9.26. The summed E-state index contributed by atoms with van der Waals surface area (Å²) in [6, 6.07) is 0. The maximum absolute atomic E-state index is 11.7. The molecule has 0 aromatic heterocycles. The molecule has 2 aliphatic rings. The van der Waals surface area contributed by atoms with E-state index >= 15 is 0 Å². The summed E-state index contributed by atoms with van der Waals surface area (Å²) in [6.07, 6.45) is 10.2. The molecule has 13 heavy (non-hydrogen) atoms. The summed E-state index contributed by atoms with van der Waals surface area (Å²) in [5.41, 5.74) is 0. The zero-order valence-corrected chi connectivity index (χ0v) is 7.91. The van der Waals surface area contributed by atoms with Crippen molar-refractivity contribution in [3.63, 3.8) is 0 Å². The second-order valence-electron chi connectivity index (χ2n) is 4.18. The van der Waals surface area contributed by atoms with E-state index < -0.39 is 0 Å². The number of carbonyl (C=O) groups is 1. The highest BCUT2D eigenvalue weighted by Crippen LogP contribution is 2.44. The number of rotatable bonds is 4. The first-order chi connectivity index (χ1) is 6.31. The fraction of sp³-hybridized carbons (Fsp3) is 0.583. The third kappa shape index (κ3) is 1.60. The summed E-state index contributed by atoms with van der Waals surface area (Å²) >= 11 is 0.